The minimum absolute atomic E-state index is 0.163. The van der Waals surface area contributed by atoms with Gasteiger partial charge in [-0.05, 0) is 77.7 Å². The smallest absolute Gasteiger partial charge is 0.335 e. The van der Waals surface area contributed by atoms with E-state index in [4.69, 9.17) is 9.47 Å². The molecule has 1 fully saturated rings. The molecule has 1 aliphatic heterocycles. The Labute approximate surface area is 234 Å². The average molecular weight is 585 g/mol. The third-order valence-corrected chi connectivity index (χ3v) is 6.84. The molecule has 0 aromatic heterocycles. The number of imide groups is 2. The Balaban J connectivity index is 1.43. The lowest BCUT2D eigenvalue weighted by atomic mass is 10.0. The number of aryl methyl sites for hydroxylation is 1. The van der Waals surface area contributed by atoms with Crippen LogP contribution in [0.1, 0.15) is 23.6 Å². The van der Waals surface area contributed by atoms with Crippen LogP contribution in [-0.2, 0) is 16.2 Å². The maximum atomic E-state index is 13.3. The molecule has 7 nitrogen and oxygen atoms in total. The van der Waals surface area contributed by atoms with Gasteiger partial charge in [-0.15, -0.1) is 0 Å². The van der Waals surface area contributed by atoms with Crippen LogP contribution in [0.5, 0.6) is 11.5 Å². The monoisotopic (exact) mass is 584 g/mol. The molecule has 1 heterocycles. The first-order valence-corrected chi connectivity index (χ1v) is 13.2. The lowest BCUT2D eigenvalue weighted by Crippen LogP contribution is -2.54. The summed E-state index contributed by atoms with van der Waals surface area (Å²) < 4.78 is 12.8. The quantitative estimate of drug-likeness (QED) is 0.196. The Morgan fingerprint density at radius 1 is 0.897 bits per heavy atom. The number of barbiturate groups is 1. The van der Waals surface area contributed by atoms with Crippen LogP contribution in [0.4, 0.5) is 10.5 Å². The first kappa shape index (κ1) is 26.2. The first-order chi connectivity index (χ1) is 18.9. The predicted octanol–water partition coefficient (Wildman–Crippen LogP) is 6.55. The molecule has 5 rings (SSSR count). The molecular formula is C31H25BrN2O5. The van der Waals surface area contributed by atoms with E-state index in [-0.39, 0.29) is 5.57 Å². The number of hydrogen-bond acceptors (Lipinski definition) is 5. The predicted molar refractivity (Wildman–Crippen MR) is 154 cm³/mol. The molecule has 0 atom stereocenters. The Morgan fingerprint density at radius 2 is 1.69 bits per heavy atom. The molecule has 0 aliphatic carbocycles. The van der Waals surface area contributed by atoms with E-state index in [0.29, 0.717) is 41.5 Å². The Kier molecular flexibility index (Phi) is 7.47. The molecule has 4 aromatic carbocycles. The van der Waals surface area contributed by atoms with Crippen molar-refractivity contribution in [1.82, 2.24) is 5.32 Å². The molecule has 1 N–H and O–H groups in total. The van der Waals surface area contributed by atoms with Crippen LogP contribution in [0, 0.1) is 6.92 Å². The summed E-state index contributed by atoms with van der Waals surface area (Å²) in [5.74, 6) is -0.449. The fourth-order valence-corrected chi connectivity index (χ4v) is 4.96. The van der Waals surface area contributed by atoms with Crippen molar-refractivity contribution in [3.8, 4) is 11.5 Å². The standard InChI is InChI=1S/C31H25BrN2O5/c1-3-38-28-17-20(11-14-27(28)39-18-22-9-6-8-21-7-4-5-10-24(21)22)16-25-29(35)33-31(37)34(30(25)36)26-13-12-23(32)15-19(26)2/h4-17H,3,18H2,1-2H3,(H,33,35,37)/b25-16-. The summed E-state index contributed by atoms with van der Waals surface area (Å²) in [6.07, 6.45) is 1.45. The second-order valence-electron chi connectivity index (χ2n) is 8.95. The Hall–Kier alpha value is -4.43. The van der Waals surface area contributed by atoms with E-state index in [1.54, 1.807) is 43.3 Å². The highest BCUT2D eigenvalue weighted by Gasteiger charge is 2.37. The zero-order valence-corrected chi connectivity index (χ0v) is 22.9. The Morgan fingerprint density at radius 3 is 2.49 bits per heavy atom. The van der Waals surface area contributed by atoms with E-state index in [1.807, 2.05) is 31.2 Å². The number of urea groups is 1. The van der Waals surface area contributed by atoms with E-state index in [9.17, 15) is 14.4 Å². The summed E-state index contributed by atoms with van der Waals surface area (Å²) in [5.41, 5.74) is 2.53. The first-order valence-electron chi connectivity index (χ1n) is 12.4. The van der Waals surface area contributed by atoms with Crippen LogP contribution in [0.2, 0.25) is 0 Å². The molecule has 1 saturated heterocycles. The van der Waals surface area contributed by atoms with Crippen molar-refractivity contribution in [3.05, 3.63) is 106 Å². The van der Waals surface area contributed by atoms with Gasteiger partial charge in [0.15, 0.2) is 11.5 Å². The zero-order valence-electron chi connectivity index (χ0n) is 21.4. The van der Waals surface area contributed by atoms with Crippen molar-refractivity contribution in [1.29, 1.82) is 0 Å². The van der Waals surface area contributed by atoms with Gasteiger partial charge in [0.05, 0.1) is 12.3 Å². The zero-order chi connectivity index (χ0) is 27.5. The molecule has 0 bridgehead atoms. The maximum Gasteiger partial charge on any atom is 0.335 e. The second kappa shape index (κ2) is 11.1. The van der Waals surface area contributed by atoms with E-state index in [0.717, 1.165) is 25.7 Å². The Bertz CT molecular complexity index is 1640. The third-order valence-electron chi connectivity index (χ3n) is 6.34. The van der Waals surface area contributed by atoms with Gasteiger partial charge in [0.25, 0.3) is 11.8 Å². The fourth-order valence-electron chi connectivity index (χ4n) is 4.49. The summed E-state index contributed by atoms with van der Waals surface area (Å²) in [7, 11) is 0. The van der Waals surface area contributed by atoms with Gasteiger partial charge in [0.2, 0.25) is 0 Å². The molecule has 1 aliphatic rings. The van der Waals surface area contributed by atoms with E-state index < -0.39 is 17.8 Å². The number of nitrogens with one attached hydrogen (secondary N) is 1. The number of rotatable bonds is 7. The molecule has 0 unspecified atom stereocenters. The fraction of sp³-hybridized carbons (Fsp3) is 0.129. The molecule has 0 saturated carbocycles. The lowest BCUT2D eigenvalue weighted by Gasteiger charge is -2.27. The number of halogens is 1. The van der Waals surface area contributed by atoms with Crippen molar-refractivity contribution in [3.63, 3.8) is 0 Å². The van der Waals surface area contributed by atoms with E-state index in [2.05, 4.69) is 39.4 Å². The van der Waals surface area contributed by atoms with Crippen molar-refractivity contribution in [2.75, 3.05) is 11.5 Å². The van der Waals surface area contributed by atoms with E-state index >= 15 is 0 Å². The van der Waals surface area contributed by atoms with Crippen LogP contribution in [0.3, 0.4) is 0 Å². The average Bonchev–Trinajstić information content (AvgIpc) is 2.92. The molecule has 0 spiro atoms. The number of carbonyl (C=O) groups is 3. The number of benzene rings is 4. The summed E-state index contributed by atoms with van der Waals surface area (Å²) in [5, 5.41) is 4.51. The van der Waals surface area contributed by atoms with Gasteiger partial charge in [0, 0.05) is 4.47 Å². The lowest BCUT2D eigenvalue weighted by molar-refractivity contribution is -0.122. The second-order valence-corrected chi connectivity index (χ2v) is 9.87. The minimum atomic E-state index is -0.792. The summed E-state index contributed by atoms with van der Waals surface area (Å²) >= 11 is 3.38. The van der Waals surface area contributed by atoms with Crippen molar-refractivity contribution in [2.24, 2.45) is 0 Å². The number of anilines is 1. The van der Waals surface area contributed by atoms with Crippen molar-refractivity contribution in [2.45, 2.75) is 20.5 Å². The van der Waals surface area contributed by atoms with Crippen molar-refractivity contribution >= 4 is 56.3 Å². The number of amides is 4. The van der Waals surface area contributed by atoms with Gasteiger partial charge < -0.3 is 9.47 Å². The van der Waals surface area contributed by atoms with Gasteiger partial charge in [0.1, 0.15) is 12.2 Å². The van der Waals surface area contributed by atoms with Gasteiger partial charge in [-0.25, -0.2) is 9.69 Å². The number of nitrogens with zero attached hydrogens (tertiary/aromatic N) is 1. The SMILES string of the molecule is CCOc1cc(/C=C2/C(=O)NC(=O)N(c3ccc(Br)cc3C)C2=O)ccc1OCc1cccc2ccccc12. The molecule has 4 aromatic rings. The summed E-state index contributed by atoms with van der Waals surface area (Å²) in [6, 6.07) is 23.8. The van der Waals surface area contributed by atoms with Crippen LogP contribution in [0.15, 0.2) is 88.9 Å². The number of ether oxygens (including phenoxy) is 2. The minimum Gasteiger partial charge on any atom is -0.490 e. The van der Waals surface area contributed by atoms with Gasteiger partial charge in [-0.1, -0.05) is 64.5 Å². The summed E-state index contributed by atoms with van der Waals surface area (Å²) in [6.45, 7) is 4.38. The highest BCUT2D eigenvalue weighted by molar-refractivity contribution is 9.10. The molecule has 39 heavy (non-hydrogen) atoms. The van der Waals surface area contributed by atoms with Crippen LogP contribution in [-0.4, -0.2) is 24.5 Å². The largest absolute Gasteiger partial charge is 0.490 e. The van der Waals surface area contributed by atoms with E-state index in [1.165, 1.54) is 6.08 Å². The highest BCUT2D eigenvalue weighted by Crippen LogP contribution is 2.32. The maximum absolute atomic E-state index is 13.3. The van der Waals surface area contributed by atoms with Crippen LogP contribution in [0.25, 0.3) is 16.8 Å². The van der Waals surface area contributed by atoms with Gasteiger partial charge >= 0.3 is 6.03 Å². The third kappa shape index (κ3) is 5.42. The normalized spacial score (nSPS) is 14.6. The van der Waals surface area contributed by atoms with Crippen molar-refractivity contribution < 1.29 is 23.9 Å². The molecule has 196 valence electrons. The van der Waals surface area contributed by atoms with Gasteiger partial charge in [-0.3, -0.25) is 14.9 Å². The summed E-state index contributed by atoms with van der Waals surface area (Å²) in [4.78, 5) is 39.6. The van der Waals surface area contributed by atoms with Crippen LogP contribution < -0.4 is 19.7 Å². The number of carbonyl (C=O) groups excluding carboxylic acids is 3. The van der Waals surface area contributed by atoms with Gasteiger partial charge in [-0.2, -0.15) is 0 Å². The molecule has 8 heteroatoms. The molecule has 0 radical (unpaired) electrons. The van der Waals surface area contributed by atoms with Crippen LogP contribution >= 0.6 is 15.9 Å². The molecular weight excluding hydrogens is 560 g/mol. The topological polar surface area (TPSA) is 84.9 Å². The highest BCUT2D eigenvalue weighted by atomic mass is 79.9. The number of hydrogen-bond donors (Lipinski definition) is 1. The molecule has 4 amide bonds. The number of fused-ring (bicyclic) bond motifs is 1.